The summed E-state index contributed by atoms with van der Waals surface area (Å²) in [5, 5.41) is 22.3. The highest BCUT2D eigenvalue weighted by atomic mass is 35.5. The highest BCUT2D eigenvalue weighted by Crippen LogP contribution is 2.34. The molecular formula is C16H13ClN2O6. The number of ether oxygens (including phenoxy) is 1. The van der Waals surface area contributed by atoms with E-state index in [4.69, 9.17) is 21.4 Å². The van der Waals surface area contributed by atoms with E-state index < -0.39 is 16.8 Å². The SMILES string of the molecule is COc1c(Cl)cc(C(=O)O)cc1NC(=O)Cc1ccc([N+](=O)[O-])cc1. The number of hydrogen-bond donors (Lipinski definition) is 2. The van der Waals surface area contributed by atoms with E-state index in [-0.39, 0.29) is 34.1 Å². The number of rotatable bonds is 6. The van der Waals surface area contributed by atoms with E-state index in [0.29, 0.717) is 5.56 Å². The van der Waals surface area contributed by atoms with Crippen molar-refractivity contribution in [1.82, 2.24) is 0 Å². The molecule has 0 saturated heterocycles. The molecule has 0 bridgehead atoms. The van der Waals surface area contributed by atoms with Gasteiger partial charge < -0.3 is 15.2 Å². The van der Waals surface area contributed by atoms with Crippen LogP contribution in [0, 0.1) is 10.1 Å². The molecule has 9 heteroatoms. The van der Waals surface area contributed by atoms with Crippen LogP contribution in [0.15, 0.2) is 36.4 Å². The van der Waals surface area contributed by atoms with Crippen LogP contribution < -0.4 is 10.1 Å². The molecule has 0 atom stereocenters. The molecule has 0 heterocycles. The van der Waals surface area contributed by atoms with Crippen LogP contribution in [-0.4, -0.2) is 29.0 Å². The van der Waals surface area contributed by atoms with Crippen LogP contribution >= 0.6 is 11.6 Å². The van der Waals surface area contributed by atoms with Crippen molar-refractivity contribution in [2.45, 2.75) is 6.42 Å². The monoisotopic (exact) mass is 364 g/mol. The lowest BCUT2D eigenvalue weighted by Crippen LogP contribution is -2.15. The number of nitrogens with one attached hydrogen (secondary N) is 1. The van der Waals surface area contributed by atoms with Crippen molar-refractivity contribution in [3.05, 3.63) is 62.7 Å². The molecule has 2 rings (SSSR count). The number of hydrogen-bond acceptors (Lipinski definition) is 5. The molecule has 0 saturated carbocycles. The number of aromatic carboxylic acids is 1. The Hall–Kier alpha value is -3.13. The number of nitrogens with zero attached hydrogens (tertiary/aromatic N) is 1. The fraction of sp³-hybridized carbons (Fsp3) is 0.125. The van der Waals surface area contributed by atoms with Crippen LogP contribution in [0.5, 0.6) is 5.75 Å². The largest absolute Gasteiger partial charge is 0.493 e. The van der Waals surface area contributed by atoms with Gasteiger partial charge in [-0.3, -0.25) is 14.9 Å². The molecule has 0 fully saturated rings. The number of nitro groups is 1. The van der Waals surface area contributed by atoms with E-state index in [1.807, 2.05) is 0 Å². The third-order valence-corrected chi connectivity index (χ3v) is 3.56. The number of carboxylic acids is 1. The summed E-state index contributed by atoms with van der Waals surface area (Å²) in [7, 11) is 1.34. The normalized spacial score (nSPS) is 10.2. The van der Waals surface area contributed by atoms with Crippen LogP contribution in [0.2, 0.25) is 5.02 Å². The highest BCUT2D eigenvalue weighted by Gasteiger charge is 2.16. The summed E-state index contributed by atoms with van der Waals surface area (Å²) in [4.78, 5) is 33.4. The summed E-state index contributed by atoms with van der Waals surface area (Å²) < 4.78 is 5.09. The molecule has 130 valence electrons. The average Bonchev–Trinajstić information content (AvgIpc) is 2.54. The topological polar surface area (TPSA) is 119 Å². The molecule has 0 unspecified atom stereocenters. The summed E-state index contributed by atoms with van der Waals surface area (Å²) in [6.07, 6.45) is -0.0595. The molecule has 0 radical (unpaired) electrons. The van der Waals surface area contributed by atoms with Gasteiger partial charge in [-0.2, -0.15) is 0 Å². The van der Waals surface area contributed by atoms with E-state index in [9.17, 15) is 19.7 Å². The molecule has 0 spiro atoms. The Kier molecular flexibility index (Phi) is 5.56. The van der Waals surface area contributed by atoms with Gasteiger partial charge in [0.1, 0.15) is 0 Å². The standard InChI is InChI=1S/C16H13ClN2O6/c1-25-15-12(17)7-10(16(21)22)8-13(15)18-14(20)6-9-2-4-11(5-3-9)19(23)24/h2-5,7-8H,6H2,1H3,(H,18,20)(H,21,22). The van der Waals surface area contributed by atoms with Gasteiger partial charge in [-0.05, 0) is 17.7 Å². The molecular weight excluding hydrogens is 352 g/mol. The lowest BCUT2D eigenvalue weighted by molar-refractivity contribution is -0.384. The summed E-state index contributed by atoms with van der Waals surface area (Å²) in [5.74, 6) is -1.51. The molecule has 2 N–H and O–H groups in total. The predicted molar refractivity (Wildman–Crippen MR) is 90.4 cm³/mol. The Morgan fingerprint density at radius 2 is 1.92 bits per heavy atom. The zero-order chi connectivity index (χ0) is 18.6. The highest BCUT2D eigenvalue weighted by molar-refractivity contribution is 6.33. The molecule has 0 aromatic heterocycles. The zero-order valence-corrected chi connectivity index (χ0v) is 13.7. The Labute approximate surface area is 147 Å². The number of amides is 1. The Morgan fingerprint density at radius 3 is 2.44 bits per heavy atom. The van der Waals surface area contributed by atoms with Crippen molar-refractivity contribution in [3.63, 3.8) is 0 Å². The number of anilines is 1. The smallest absolute Gasteiger partial charge is 0.335 e. The van der Waals surface area contributed by atoms with E-state index in [1.165, 1.54) is 43.5 Å². The summed E-state index contributed by atoms with van der Waals surface area (Å²) in [6.45, 7) is 0. The van der Waals surface area contributed by atoms with Gasteiger partial charge in [0.2, 0.25) is 5.91 Å². The van der Waals surface area contributed by atoms with Gasteiger partial charge in [-0.1, -0.05) is 23.7 Å². The first kappa shape index (κ1) is 18.2. The van der Waals surface area contributed by atoms with Crippen molar-refractivity contribution in [3.8, 4) is 5.75 Å². The van der Waals surface area contributed by atoms with Gasteiger partial charge in [-0.25, -0.2) is 4.79 Å². The van der Waals surface area contributed by atoms with Crippen LogP contribution in [0.25, 0.3) is 0 Å². The first-order valence-electron chi connectivity index (χ1n) is 6.96. The number of non-ortho nitro benzene ring substituents is 1. The number of carbonyl (C=O) groups excluding carboxylic acids is 1. The van der Waals surface area contributed by atoms with Gasteiger partial charge in [0.15, 0.2) is 5.75 Å². The van der Waals surface area contributed by atoms with Gasteiger partial charge in [0, 0.05) is 12.1 Å². The number of carboxylic acid groups (broad SMARTS) is 1. The number of methoxy groups -OCH3 is 1. The minimum Gasteiger partial charge on any atom is -0.493 e. The Balaban J connectivity index is 2.19. The molecule has 0 aliphatic heterocycles. The molecule has 2 aromatic carbocycles. The second-order valence-corrected chi connectivity index (χ2v) is 5.40. The van der Waals surface area contributed by atoms with Gasteiger partial charge in [0.05, 0.1) is 34.7 Å². The number of benzene rings is 2. The van der Waals surface area contributed by atoms with Crippen molar-refractivity contribution in [2.75, 3.05) is 12.4 Å². The van der Waals surface area contributed by atoms with E-state index in [0.717, 1.165) is 0 Å². The van der Waals surface area contributed by atoms with E-state index in [1.54, 1.807) is 0 Å². The van der Waals surface area contributed by atoms with Crippen molar-refractivity contribution in [1.29, 1.82) is 0 Å². The van der Waals surface area contributed by atoms with Crippen LogP contribution in [0.4, 0.5) is 11.4 Å². The van der Waals surface area contributed by atoms with E-state index in [2.05, 4.69) is 5.32 Å². The lowest BCUT2D eigenvalue weighted by Gasteiger charge is -2.13. The number of carbonyl (C=O) groups is 2. The van der Waals surface area contributed by atoms with Crippen molar-refractivity contribution in [2.24, 2.45) is 0 Å². The molecule has 25 heavy (non-hydrogen) atoms. The zero-order valence-electron chi connectivity index (χ0n) is 13.0. The quantitative estimate of drug-likeness (QED) is 0.600. The van der Waals surface area contributed by atoms with Crippen LogP contribution in [0.1, 0.15) is 15.9 Å². The first-order chi connectivity index (χ1) is 11.8. The molecule has 0 aliphatic rings. The van der Waals surface area contributed by atoms with Gasteiger partial charge in [0.25, 0.3) is 5.69 Å². The summed E-state index contributed by atoms with van der Waals surface area (Å²) in [6, 6.07) is 7.98. The number of nitro benzene ring substituents is 1. The predicted octanol–water partition coefficient (Wildman–Crippen LogP) is 3.14. The number of halogens is 1. The Morgan fingerprint density at radius 1 is 1.28 bits per heavy atom. The minimum absolute atomic E-state index is 0.0491. The maximum absolute atomic E-state index is 12.2. The maximum atomic E-state index is 12.2. The Bertz CT molecular complexity index is 835. The third-order valence-electron chi connectivity index (χ3n) is 3.28. The second-order valence-electron chi connectivity index (χ2n) is 4.99. The fourth-order valence-electron chi connectivity index (χ4n) is 2.13. The molecule has 0 aliphatic carbocycles. The maximum Gasteiger partial charge on any atom is 0.335 e. The minimum atomic E-state index is -1.20. The summed E-state index contributed by atoms with van der Waals surface area (Å²) in [5.41, 5.74) is 0.505. The van der Waals surface area contributed by atoms with Crippen LogP contribution in [-0.2, 0) is 11.2 Å². The average molecular weight is 365 g/mol. The van der Waals surface area contributed by atoms with Crippen molar-refractivity contribution >= 4 is 34.9 Å². The fourth-order valence-corrected chi connectivity index (χ4v) is 2.43. The first-order valence-corrected chi connectivity index (χ1v) is 7.33. The van der Waals surface area contributed by atoms with E-state index >= 15 is 0 Å². The third kappa shape index (κ3) is 4.45. The van der Waals surface area contributed by atoms with Gasteiger partial charge in [-0.15, -0.1) is 0 Å². The molecule has 8 nitrogen and oxygen atoms in total. The second kappa shape index (κ2) is 7.63. The molecule has 1 amide bonds. The lowest BCUT2D eigenvalue weighted by atomic mass is 10.1. The van der Waals surface area contributed by atoms with Gasteiger partial charge >= 0.3 is 5.97 Å². The van der Waals surface area contributed by atoms with Crippen molar-refractivity contribution < 1.29 is 24.4 Å². The molecule has 2 aromatic rings. The summed E-state index contributed by atoms with van der Waals surface area (Å²) >= 11 is 5.97. The van der Waals surface area contributed by atoms with Crippen LogP contribution in [0.3, 0.4) is 0 Å².